The van der Waals surface area contributed by atoms with Crippen LogP contribution in [0.4, 0.5) is 0 Å². The molecule has 0 spiro atoms. The average Bonchev–Trinajstić information content (AvgIpc) is 3.26. The number of hydrogen-bond acceptors (Lipinski definition) is 2. The van der Waals surface area contributed by atoms with Gasteiger partial charge in [0.1, 0.15) is 24.7 Å². The van der Waals surface area contributed by atoms with Gasteiger partial charge in [0.2, 0.25) is 0 Å². The summed E-state index contributed by atoms with van der Waals surface area (Å²) in [7, 11) is -0.167. The van der Waals surface area contributed by atoms with Crippen molar-refractivity contribution in [2.24, 2.45) is 0 Å². The number of halogens is 3. The van der Waals surface area contributed by atoms with E-state index in [2.05, 4.69) is 177 Å². The molecule has 0 aliphatic heterocycles. The van der Waals surface area contributed by atoms with Gasteiger partial charge in [0.25, 0.3) is 0 Å². The van der Waals surface area contributed by atoms with Gasteiger partial charge in [0.15, 0.2) is 14.3 Å². The minimum atomic E-state index is -0.167. The molecule has 1 heterocycles. The van der Waals surface area contributed by atoms with Crippen LogP contribution in [0.15, 0.2) is 109 Å². The Labute approximate surface area is 265 Å². The number of thiophene rings is 1. The van der Waals surface area contributed by atoms with Crippen LogP contribution in [-0.2, 0) is 13.2 Å². The number of fused-ring (bicyclic) bond motifs is 3. The summed E-state index contributed by atoms with van der Waals surface area (Å²) in [5, 5.41) is 2.45. The maximum Gasteiger partial charge on any atom is 0.188 e. The molecule has 0 N–H and O–H groups in total. The van der Waals surface area contributed by atoms with Crippen molar-refractivity contribution in [1.29, 1.82) is 0 Å². The van der Waals surface area contributed by atoms with Gasteiger partial charge in [-0.1, -0.05) is 24.3 Å². The van der Waals surface area contributed by atoms with Crippen molar-refractivity contribution in [3.8, 4) is 16.4 Å². The summed E-state index contributed by atoms with van der Waals surface area (Å²) in [6, 6.07) is 38.9. The van der Waals surface area contributed by atoms with Crippen LogP contribution in [0.25, 0.3) is 25.1 Å². The first kappa shape index (κ1) is 26.3. The van der Waals surface area contributed by atoms with Gasteiger partial charge in [-0.05, 0) is 152 Å². The molecule has 0 atom stereocenters. The number of ether oxygens (including phenoxy) is 2. The summed E-state index contributed by atoms with van der Waals surface area (Å²) < 4.78 is 18.8. The van der Waals surface area contributed by atoms with Crippen molar-refractivity contribution in [2.75, 3.05) is 0 Å². The highest BCUT2D eigenvalue weighted by molar-refractivity contribution is 14.1. The van der Waals surface area contributed by atoms with Crippen molar-refractivity contribution in [1.82, 2.24) is 0 Å². The Hall–Kier alpha value is -1.89. The van der Waals surface area contributed by atoms with Gasteiger partial charge in [-0.15, -0.1) is 0 Å². The van der Waals surface area contributed by atoms with E-state index in [4.69, 9.17) is 9.47 Å². The average molecular weight is 851 g/mol. The third kappa shape index (κ3) is 5.83. The third-order valence-corrected chi connectivity index (χ3v) is 10.8. The Morgan fingerprint density at radius 3 is 1.29 bits per heavy atom. The molecule has 0 fully saturated rings. The molecule has 6 aromatic rings. The fraction of sp³-hybridized carbons (Fsp3) is 0.0625. The Balaban J connectivity index is 1.39. The number of hydrogen-bond donors (Lipinski definition) is 0. The van der Waals surface area contributed by atoms with Gasteiger partial charge in [0, 0.05) is 33.3 Å². The van der Waals surface area contributed by atoms with Crippen molar-refractivity contribution in [2.45, 2.75) is 13.2 Å². The summed E-state index contributed by atoms with van der Waals surface area (Å²) in [6.07, 6.45) is 0. The predicted octanol–water partition coefficient (Wildman–Crippen LogP) is 10.7. The summed E-state index contributed by atoms with van der Waals surface area (Å²) in [5.74, 6) is 1.76. The lowest BCUT2D eigenvalue weighted by molar-refractivity contribution is 0.306. The van der Waals surface area contributed by atoms with Crippen LogP contribution < -0.4 is 9.47 Å². The van der Waals surface area contributed by atoms with Crippen molar-refractivity contribution < 1.29 is 9.47 Å². The lowest BCUT2D eigenvalue weighted by Gasteiger charge is -2.07. The first-order valence-corrected chi connectivity index (χ1v) is 16.5. The summed E-state index contributed by atoms with van der Waals surface area (Å²) in [6.45, 7) is 1.09. The van der Waals surface area contributed by atoms with Crippen LogP contribution in [0.3, 0.4) is 0 Å². The molecule has 0 aliphatic rings. The Morgan fingerprint density at radius 1 is 0.474 bits per heavy atom. The van der Waals surface area contributed by atoms with E-state index in [0.717, 1.165) is 22.6 Å². The van der Waals surface area contributed by atoms with Crippen molar-refractivity contribution in [3.63, 3.8) is 0 Å². The molecule has 1 aromatic heterocycles. The van der Waals surface area contributed by atoms with Gasteiger partial charge in [-0.25, -0.2) is 0 Å². The van der Waals surface area contributed by atoms with E-state index in [-0.39, 0.29) is 10.5 Å². The monoisotopic (exact) mass is 851 g/mol. The first-order chi connectivity index (χ1) is 18.5. The number of benzene rings is 5. The summed E-state index contributed by atoms with van der Waals surface area (Å²) >= 11 is 7.02. The molecule has 0 amide bonds. The zero-order valence-corrected chi connectivity index (χ0v) is 27.5. The smallest absolute Gasteiger partial charge is 0.188 e. The molecule has 0 saturated carbocycles. The van der Waals surface area contributed by atoms with Crippen LogP contribution in [0.5, 0.6) is 11.5 Å². The van der Waals surface area contributed by atoms with Gasteiger partial charge in [-0.2, -0.15) is 0 Å². The van der Waals surface area contributed by atoms with E-state index in [0.29, 0.717) is 13.2 Å². The van der Waals surface area contributed by atoms with Crippen LogP contribution in [0.2, 0.25) is 0 Å². The lowest BCUT2D eigenvalue weighted by Crippen LogP contribution is -1.95. The maximum absolute atomic E-state index is 6.24. The van der Waals surface area contributed by atoms with E-state index in [1.54, 1.807) is 0 Å². The van der Waals surface area contributed by atoms with E-state index in [1.165, 1.54) is 35.8 Å². The van der Waals surface area contributed by atoms with E-state index < -0.39 is 0 Å². The number of rotatable bonds is 7. The molecule has 0 aliphatic carbocycles. The predicted molar refractivity (Wildman–Crippen MR) is 185 cm³/mol. The second-order valence-electron chi connectivity index (χ2n) is 8.91. The quantitative estimate of drug-likeness (QED) is 0.118. The van der Waals surface area contributed by atoms with E-state index in [9.17, 15) is 0 Å². The lowest BCUT2D eigenvalue weighted by atomic mass is 10.1. The molecule has 0 saturated heterocycles. The largest absolute Gasteiger partial charge is 0.489 e. The third-order valence-electron chi connectivity index (χ3n) is 6.32. The van der Waals surface area contributed by atoms with Crippen molar-refractivity contribution in [3.05, 3.63) is 131 Å². The standard InChI is InChI=1S/C32H22I3O2S/c33-23-5-1-21(2-6-23)19-36-26-11-15-31-29(17-26)30-18-27(37-20-22-3-7-24(34)8-4-22)12-16-32(30)38(31)28-13-9-25(35)10-14-28/h1-18H,19-20H2/q+1. The van der Waals surface area contributed by atoms with E-state index >= 15 is 0 Å². The van der Waals surface area contributed by atoms with Gasteiger partial charge < -0.3 is 9.47 Å². The van der Waals surface area contributed by atoms with Crippen LogP contribution in [-0.4, -0.2) is 0 Å². The molecule has 5 aromatic carbocycles. The molecule has 38 heavy (non-hydrogen) atoms. The summed E-state index contributed by atoms with van der Waals surface area (Å²) in [5.41, 5.74) is 2.33. The molecule has 0 radical (unpaired) electrons. The molecule has 188 valence electrons. The van der Waals surface area contributed by atoms with E-state index in [1.807, 2.05) is 0 Å². The second-order valence-corrected chi connectivity index (χ2v) is 14.6. The topological polar surface area (TPSA) is 18.5 Å². The van der Waals surface area contributed by atoms with Crippen LogP contribution in [0, 0.1) is 10.7 Å². The van der Waals surface area contributed by atoms with Gasteiger partial charge in [-0.3, -0.25) is 0 Å². The second kappa shape index (κ2) is 11.7. The molecule has 0 bridgehead atoms. The minimum absolute atomic E-state index is 0.167. The normalized spacial score (nSPS) is 11.2. The molecule has 6 rings (SSSR count). The van der Waals surface area contributed by atoms with Crippen LogP contribution >= 0.6 is 78.2 Å². The van der Waals surface area contributed by atoms with Crippen LogP contribution in [0.1, 0.15) is 11.1 Å². The Morgan fingerprint density at radius 2 is 0.868 bits per heavy atom. The van der Waals surface area contributed by atoms with Gasteiger partial charge in [0.05, 0.1) is 10.8 Å². The highest BCUT2D eigenvalue weighted by atomic mass is 127. The minimum Gasteiger partial charge on any atom is -0.489 e. The SMILES string of the molecule is Ic1ccc(COc2ccc3c(c2)c2cc(OCc4ccc(I)cc4)ccc2[s+]3-c2ccc(I)cc2)cc1. The summed E-state index contributed by atoms with van der Waals surface area (Å²) in [4.78, 5) is 1.32. The molecular formula is C32H22I3O2S+. The highest BCUT2D eigenvalue weighted by Crippen LogP contribution is 2.50. The molecular weight excluding hydrogens is 829 g/mol. The fourth-order valence-corrected chi connectivity index (χ4v) is 7.83. The zero-order valence-electron chi connectivity index (χ0n) is 20.2. The zero-order chi connectivity index (χ0) is 26.1. The van der Waals surface area contributed by atoms with Gasteiger partial charge >= 0.3 is 0 Å². The Kier molecular flexibility index (Phi) is 8.10. The maximum atomic E-state index is 6.24. The molecule has 2 nitrogen and oxygen atoms in total. The Bertz CT molecular complexity index is 1620. The molecule has 6 heteroatoms. The molecule has 0 unspecified atom stereocenters. The highest BCUT2D eigenvalue weighted by Gasteiger charge is 2.25. The fourth-order valence-electron chi connectivity index (χ4n) is 4.41. The first-order valence-electron chi connectivity index (χ1n) is 12.1. The van der Waals surface area contributed by atoms with Crippen molar-refractivity contribution >= 4 is 98.4 Å².